The third-order valence-electron chi connectivity index (χ3n) is 1.09. The number of alkyl halides is 2. The molecule has 0 N–H and O–H groups in total. The predicted molar refractivity (Wildman–Crippen MR) is 48.1 cm³/mol. The van der Waals surface area contributed by atoms with Crippen molar-refractivity contribution in [2.24, 2.45) is 0 Å². The maximum Gasteiger partial charge on any atom is 0.0223 e. The van der Waals surface area contributed by atoms with Crippen LogP contribution in [0.5, 0.6) is 0 Å². The zero-order chi connectivity index (χ0) is 6.41. The van der Waals surface area contributed by atoms with Crippen LogP contribution in [-0.2, 0) is 0 Å². The highest BCUT2D eigenvalue weighted by molar-refractivity contribution is 14.1. The van der Waals surface area contributed by atoms with E-state index in [4.69, 9.17) is 11.6 Å². The maximum absolute atomic E-state index is 5.50. The van der Waals surface area contributed by atoms with E-state index in [1.165, 1.54) is 19.3 Å². The van der Waals surface area contributed by atoms with Gasteiger partial charge in [0.2, 0.25) is 0 Å². The van der Waals surface area contributed by atoms with Crippen LogP contribution in [-0.4, -0.2) is 9.80 Å². The Balaban J connectivity index is 2.86. The molecule has 0 saturated heterocycles. The van der Waals surface area contributed by atoms with E-state index in [0.717, 1.165) is 9.80 Å². The third kappa shape index (κ3) is 5.16. The van der Waals surface area contributed by atoms with Gasteiger partial charge in [0.15, 0.2) is 0 Å². The van der Waals surface area contributed by atoms with E-state index in [1.54, 1.807) is 0 Å². The number of rotatable bonds is 4. The minimum Gasteiger partial charge on any atom is -0.127 e. The zero-order valence-corrected chi connectivity index (χ0v) is 8.08. The molecule has 0 aliphatic carbocycles. The molecule has 0 bridgehead atoms. The summed E-state index contributed by atoms with van der Waals surface area (Å²) in [5.41, 5.74) is 0. The summed E-state index contributed by atoms with van der Waals surface area (Å²) in [5, 5.41) is 0. The van der Waals surface area contributed by atoms with Crippen molar-refractivity contribution in [2.75, 3.05) is 5.88 Å². The molecule has 2 heteroatoms. The van der Waals surface area contributed by atoms with Gasteiger partial charge in [-0.25, -0.2) is 0 Å². The molecule has 0 amide bonds. The van der Waals surface area contributed by atoms with Crippen molar-refractivity contribution in [3.8, 4) is 0 Å². The van der Waals surface area contributed by atoms with Gasteiger partial charge in [0, 0.05) is 9.80 Å². The molecule has 1 unspecified atom stereocenters. The van der Waals surface area contributed by atoms with Gasteiger partial charge in [0.25, 0.3) is 0 Å². The molecule has 0 nitrogen and oxygen atoms in total. The van der Waals surface area contributed by atoms with Crippen molar-refractivity contribution in [3.63, 3.8) is 0 Å². The van der Waals surface area contributed by atoms with Gasteiger partial charge in [-0.15, -0.1) is 11.6 Å². The van der Waals surface area contributed by atoms with Crippen LogP contribution in [0.25, 0.3) is 0 Å². The van der Waals surface area contributed by atoms with Crippen molar-refractivity contribution in [1.82, 2.24) is 0 Å². The lowest BCUT2D eigenvalue weighted by molar-refractivity contribution is 0.744. The third-order valence-corrected chi connectivity index (χ3v) is 2.86. The molecule has 0 aromatic rings. The van der Waals surface area contributed by atoms with E-state index in [-0.39, 0.29) is 0 Å². The fourth-order valence-electron chi connectivity index (χ4n) is 0.503. The van der Waals surface area contributed by atoms with Crippen molar-refractivity contribution in [3.05, 3.63) is 0 Å². The smallest absolute Gasteiger partial charge is 0.0223 e. The number of hydrogen-bond donors (Lipinski definition) is 0. The van der Waals surface area contributed by atoms with Crippen LogP contribution in [0.2, 0.25) is 0 Å². The second-order valence-corrected chi connectivity index (χ2v) is 3.98. The average Bonchev–Trinajstić information content (AvgIpc) is 1.83. The van der Waals surface area contributed by atoms with Crippen LogP contribution in [0, 0.1) is 0 Å². The first kappa shape index (κ1) is 9.02. The van der Waals surface area contributed by atoms with Gasteiger partial charge in [-0.3, -0.25) is 0 Å². The molecule has 0 aromatic heterocycles. The van der Waals surface area contributed by atoms with Gasteiger partial charge in [0.05, 0.1) is 0 Å². The van der Waals surface area contributed by atoms with Crippen molar-refractivity contribution < 1.29 is 0 Å². The highest BCUT2D eigenvalue weighted by Crippen LogP contribution is 2.12. The number of halogens is 2. The Bertz CT molecular complexity index is 47.8. The van der Waals surface area contributed by atoms with E-state index in [9.17, 15) is 0 Å². The van der Waals surface area contributed by atoms with Gasteiger partial charge in [-0.1, -0.05) is 29.5 Å². The van der Waals surface area contributed by atoms with E-state index in [0.29, 0.717) is 0 Å². The van der Waals surface area contributed by atoms with Gasteiger partial charge in [-0.05, 0) is 19.3 Å². The summed E-state index contributed by atoms with van der Waals surface area (Å²) in [6, 6.07) is 0. The van der Waals surface area contributed by atoms with Gasteiger partial charge in [-0.2, -0.15) is 0 Å². The Morgan fingerprint density at radius 1 is 1.62 bits per heavy atom. The first-order chi connectivity index (χ1) is 3.81. The van der Waals surface area contributed by atoms with Crippen LogP contribution in [0.1, 0.15) is 26.2 Å². The predicted octanol–water partition coefficient (Wildman–Crippen LogP) is 3.22. The second kappa shape index (κ2) is 6.14. The minimum atomic E-state index is 0.819. The first-order valence-corrected chi connectivity index (χ1v) is 4.79. The van der Waals surface area contributed by atoms with Crippen molar-refractivity contribution in [2.45, 2.75) is 30.1 Å². The van der Waals surface area contributed by atoms with Gasteiger partial charge in [0.1, 0.15) is 0 Å². The van der Waals surface area contributed by atoms with Crippen molar-refractivity contribution in [1.29, 1.82) is 0 Å². The average molecular weight is 247 g/mol. The zero-order valence-electron chi connectivity index (χ0n) is 5.16. The lowest BCUT2D eigenvalue weighted by Crippen LogP contribution is -1.93. The molecule has 0 saturated carbocycles. The lowest BCUT2D eigenvalue weighted by atomic mass is 10.2. The molecule has 0 rings (SSSR count). The largest absolute Gasteiger partial charge is 0.127 e. The Kier molecular flexibility index (Phi) is 6.93. The summed E-state index contributed by atoms with van der Waals surface area (Å²) in [5.74, 6) is 0.819. The van der Waals surface area contributed by atoms with E-state index >= 15 is 0 Å². The fraction of sp³-hybridized carbons (Fsp3) is 1.00. The minimum absolute atomic E-state index is 0.819. The molecule has 0 aliphatic rings. The molecule has 0 aliphatic heterocycles. The normalized spacial score (nSPS) is 13.9. The van der Waals surface area contributed by atoms with Gasteiger partial charge >= 0.3 is 0 Å². The Hall–Kier alpha value is 1.02. The van der Waals surface area contributed by atoms with Crippen LogP contribution >= 0.6 is 34.2 Å². The van der Waals surface area contributed by atoms with Gasteiger partial charge < -0.3 is 0 Å². The maximum atomic E-state index is 5.50. The quantitative estimate of drug-likeness (QED) is 0.528. The molecule has 0 heterocycles. The van der Waals surface area contributed by atoms with Crippen molar-refractivity contribution >= 4 is 34.2 Å². The van der Waals surface area contributed by atoms with Crippen LogP contribution in [0.15, 0.2) is 0 Å². The van der Waals surface area contributed by atoms with Crippen LogP contribution in [0.3, 0.4) is 0 Å². The summed E-state index contributed by atoms with van der Waals surface area (Å²) in [6.07, 6.45) is 3.72. The van der Waals surface area contributed by atoms with Crippen LogP contribution < -0.4 is 0 Å². The Morgan fingerprint density at radius 3 is 2.62 bits per heavy atom. The Labute approximate surface area is 70.1 Å². The van der Waals surface area contributed by atoms with E-state index in [1.807, 2.05) is 0 Å². The SMILES string of the molecule is CCC(I)CCCCl. The molecule has 50 valence electrons. The molecule has 0 spiro atoms. The number of hydrogen-bond acceptors (Lipinski definition) is 0. The summed E-state index contributed by atoms with van der Waals surface area (Å²) in [6.45, 7) is 2.21. The summed E-state index contributed by atoms with van der Waals surface area (Å²) in [7, 11) is 0. The molecular formula is C6H12ClI. The van der Waals surface area contributed by atoms with E-state index in [2.05, 4.69) is 29.5 Å². The summed E-state index contributed by atoms with van der Waals surface area (Å²) < 4.78 is 0.839. The fourth-order valence-corrected chi connectivity index (χ4v) is 1.10. The summed E-state index contributed by atoms with van der Waals surface area (Å²) in [4.78, 5) is 0. The lowest BCUT2D eigenvalue weighted by Gasteiger charge is -2.01. The van der Waals surface area contributed by atoms with E-state index < -0.39 is 0 Å². The molecule has 1 atom stereocenters. The highest BCUT2D eigenvalue weighted by Gasteiger charge is 1.97. The monoisotopic (exact) mass is 246 g/mol. The Morgan fingerprint density at radius 2 is 2.25 bits per heavy atom. The highest BCUT2D eigenvalue weighted by atomic mass is 127. The molecule has 0 fully saturated rings. The molecule has 0 radical (unpaired) electrons. The standard InChI is InChI=1S/C6H12ClI/c1-2-6(8)4-3-5-7/h6H,2-5H2,1H3. The molecule has 8 heavy (non-hydrogen) atoms. The topological polar surface area (TPSA) is 0 Å². The second-order valence-electron chi connectivity index (χ2n) is 1.84. The first-order valence-electron chi connectivity index (χ1n) is 3.01. The molecular weight excluding hydrogens is 234 g/mol. The molecule has 0 aromatic carbocycles. The van der Waals surface area contributed by atoms with Crippen LogP contribution in [0.4, 0.5) is 0 Å². The summed E-state index contributed by atoms with van der Waals surface area (Å²) >= 11 is 7.97.